The Morgan fingerprint density at radius 2 is 2.09 bits per heavy atom. The second-order valence-electron chi connectivity index (χ2n) is 5.53. The number of rotatable bonds is 4. The summed E-state index contributed by atoms with van der Waals surface area (Å²) in [5.74, 6) is -0.494. The van der Waals surface area contributed by atoms with Crippen LogP contribution in [-0.4, -0.2) is 23.8 Å². The van der Waals surface area contributed by atoms with Gasteiger partial charge in [-0.25, -0.2) is 0 Å². The molecule has 2 amide bonds. The molecular weight excluding hydrogens is 296 g/mol. The van der Waals surface area contributed by atoms with Crippen LogP contribution < -0.4 is 5.32 Å². The highest BCUT2D eigenvalue weighted by Gasteiger charge is 2.33. The van der Waals surface area contributed by atoms with Crippen LogP contribution in [0.3, 0.4) is 0 Å². The van der Waals surface area contributed by atoms with Crippen LogP contribution in [0.5, 0.6) is 0 Å². The monoisotopic (exact) mass is 314 g/mol. The molecule has 1 aromatic heterocycles. The number of anilines is 1. The molecule has 2 aromatic rings. The number of amides is 2. The Morgan fingerprint density at radius 3 is 2.82 bits per heavy atom. The standard InChI is InChI=1S/C17H18N2O2S/c1-11(15-8-5-9-22-15)19(2)16(20)10-13-12-6-3-4-7-14(12)18-17(13)21/h3-9,11,13H,10H2,1-2H3,(H,18,21). The third kappa shape index (κ3) is 2.64. The third-order valence-corrected chi connectivity index (χ3v) is 5.26. The highest BCUT2D eigenvalue weighted by Crippen LogP contribution is 2.35. The van der Waals surface area contributed by atoms with E-state index in [4.69, 9.17) is 0 Å². The molecule has 0 radical (unpaired) electrons. The lowest BCUT2D eigenvalue weighted by Gasteiger charge is -2.25. The molecule has 2 unspecified atom stereocenters. The fourth-order valence-corrected chi connectivity index (χ4v) is 3.56. The molecule has 0 spiro atoms. The van der Waals surface area contributed by atoms with Gasteiger partial charge in [-0.15, -0.1) is 11.3 Å². The van der Waals surface area contributed by atoms with E-state index in [0.717, 1.165) is 16.1 Å². The molecular formula is C17H18N2O2S. The van der Waals surface area contributed by atoms with Crippen molar-refractivity contribution in [1.82, 2.24) is 4.90 Å². The lowest BCUT2D eigenvalue weighted by molar-refractivity contribution is -0.133. The van der Waals surface area contributed by atoms with Gasteiger partial charge in [0.15, 0.2) is 0 Å². The molecule has 1 aliphatic heterocycles. The van der Waals surface area contributed by atoms with Gasteiger partial charge >= 0.3 is 0 Å². The van der Waals surface area contributed by atoms with E-state index in [2.05, 4.69) is 5.32 Å². The Labute approximate surface area is 133 Å². The largest absolute Gasteiger partial charge is 0.338 e. The van der Waals surface area contributed by atoms with Gasteiger partial charge in [0.1, 0.15) is 0 Å². The first-order valence-corrected chi connectivity index (χ1v) is 8.14. The number of nitrogens with zero attached hydrogens (tertiary/aromatic N) is 1. The van der Waals surface area contributed by atoms with Gasteiger partial charge in [-0.05, 0) is 30.0 Å². The average molecular weight is 314 g/mol. The Bertz CT molecular complexity index is 696. The summed E-state index contributed by atoms with van der Waals surface area (Å²) in [7, 11) is 1.80. The lowest BCUT2D eigenvalue weighted by atomic mass is 9.96. The van der Waals surface area contributed by atoms with Crippen molar-refractivity contribution in [3.05, 3.63) is 52.2 Å². The fraction of sp³-hybridized carbons (Fsp3) is 0.294. The summed E-state index contributed by atoms with van der Waals surface area (Å²) >= 11 is 1.64. The van der Waals surface area contributed by atoms with Crippen LogP contribution in [0.2, 0.25) is 0 Å². The Morgan fingerprint density at radius 1 is 1.32 bits per heavy atom. The van der Waals surface area contributed by atoms with E-state index in [1.165, 1.54) is 0 Å². The normalized spacial score (nSPS) is 17.7. The fourth-order valence-electron chi connectivity index (χ4n) is 2.73. The van der Waals surface area contributed by atoms with E-state index < -0.39 is 0 Å². The van der Waals surface area contributed by atoms with Gasteiger partial charge in [0.25, 0.3) is 0 Å². The Kier molecular flexibility index (Phi) is 3.98. The van der Waals surface area contributed by atoms with Crippen molar-refractivity contribution in [2.45, 2.75) is 25.3 Å². The SMILES string of the molecule is CC(c1cccs1)N(C)C(=O)CC1C(=O)Nc2ccccc21. The van der Waals surface area contributed by atoms with Gasteiger partial charge in [0, 0.05) is 24.0 Å². The molecule has 2 heterocycles. The molecule has 1 N–H and O–H groups in total. The average Bonchev–Trinajstić information content (AvgIpc) is 3.15. The minimum Gasteiger partial charge on any atom is -0.338 e. The zero-order valence-electron chi connectivity index (χ0n) is 12.6. The summed E-state index contributed by atoms with van der Waals surface area (Å²) in [6.07, 6.45) is 0.203. The summed E-state index contributed by atoms with van der Waals surface area (Å²) in [5, 5.41) is 4.85. The number of nitrogens with one attached hydrogen (secondary N) is 1. The van der Waals surface area contributed by atoms with E-state index in [9.17, 15) is 9.59 Å². The first-order valence-electron chi connectivity index (χ1n) is 7.26. The van der Waals surface area contributed by atoms with Gasteiger partial charge in [-0.3, -0.25) is 9.59 Å². The lowest BCUT2D eigenvalue weighted by Crippen LogP contribution is -2.31. The van der Waals surface area contributed by atoms with Crippen molar-refractivity contribution in [3.8, 4) is 0 Å². The first kappa shape index (κ1) is 14.8. The van der Waals surface area contributed by atoms with Crippen LogP contribution >= 0.6 is 11.3 Å². The molecule has 2 atom stereocenters. The molecule has 0 bridgehead atoms. The zero-order chi connectivity index (χ0) is 15.7. The number of hydrogen-bond donors (Lipinski definition) is 1. The molecule has 22 heavy (non-hydrogen) atoms. The molecule has 1 aliphatic rings. The topological polar surface area (TPSA) is 49.4 Å². The minimum atomic E-state index is -0.387. The van der Waals surface area contributed by atoms with Gasteiger partial charge in [-0.1, -0.05) is 24.3 Å². The predicted octanol–water partition coefficient (Wildman–Crippen LogP) is 3.39. The molecule has 5 heteroatoms. The van der Waals surface area contributed by atoms with E-state index >= 15 is 0 Å². The van der Waals surface area contributed by atoms with Crippen molar-refractivity contribution in [2.24, 2.45) is 0 Å². The summed E-state index contributed by atoms with van der Waals surface area (Å²) in [6.45, 7) is 2.01. The number of carbonyl (C=O) groups excluding carboxylic acids is 2. The quantitative estimate of drug-likeness (QED) is 0.940. The van der Waals surface area contributed by atoms with Gasteiger partial charge in [0.2, 0.25) is 11.8 Å². The second kappa shape index (κ2) is 5.93. The minimum absolute atomic E-state index is 0.0160. The molecule has 0 fully saturated rings. The van der Waals surface area contributed by atoms with Crippen LogP contribution in [0.15, 0.2) is 41.8 Å². The van der Waals surface area contributed by atoms with Crippen LogP contribution in [0.25, 0.3) is 0 Å². The molecule has 114 valence electrons. The number of para-hydroxylation sites is 1. The van der Waals surface area contributed by atoms with Crippen molar-refractivity contribution in [3.63, 3.8) is 0 Å². The van der Waals surface area contributed by atoms with E-state index in [-0.39, 0.29) is 30.2 Å². The highest BCUT2D eigenvalue weighted by molar-refractivity contribution is 7.10. The van der Waals surface area contributed by atoms with Gasteiger partial charge < -0.3 is 10.2 Å². The number of benzene rings is 1. The molecule has 3 rings (SSSR count). The van der Waals surface area contributed by atoms with Crippen molar-refractivity contribution in [2.75, 3.05) is 12.4 Å². The van der Waals surface area contributed by atoms with E-state index in [1.807, 2.05) is 48.7 Å². The predicted molar refractivity (Wildman–Crippen MR) is 87.9 cm³/mol. The number of thiophene rings is 1. The van der Waals surface area contributed by atoms with E-state index in [0.29, 0.717) is 0 Å². The van der Waals surface area contributed by atoms with Crippen LogP contribution in [0.4, 0.5) is 5.69 Å². The van der Waals surface area contributed by atoms with Gasteiger partial charge in [0.05, 0.1) is 12.0 Å². The molecule has 4 nitrogen and oxygen atoms in total. The van der Waals surface area contributed by atoms with Crippen molar-refractivity contribution < 1.29 is 9.59 Å². The molecule has 1 aromatic carbocycles. The summed E-state index contributed by atoms with van der Waals surface area (Å²) in [6, 6.07) is 11.6. The van der Waals surface area contributed by atoms with E-state index in [1.54, 1.807) is 23.3 Å². The van der Waals surface area contributed by atoms with Crippen LogP contribution in [-0.2, 0) is 9.59 Å². The smallest absolute Gasteiger partial charge is 0.232 e. The molecule has 0 saturated carbocycles. The van der Waals surface area contributed by atoms with Crippen LogP contribution in [0, 0.1) is 0 Å². The van der Waals surface area contributed by atoms with Crippen LogP contribution in [0.1, 0.15) is 35.7 Å². The number of carbonyl (C=O) groups is 2. The maximum Gasteiger partial charge on any atom is 0.232 e. The summed E-state index contributed by atoms with van der Waals surface area (Å²) in [5.41, 5.74) is 1.73. The maximum atomic E-state index is 12.5. The molecule has 0 saturated heterocycles. The van der Waals surface area contributed by atoms with Crippen molar-refractivity contribution in [1.29, 1.82) is 0 Å². The van der Waals surface area contributed by atoms with Crippen molar-refractivity contribution >= 4 is 28.8 Å². The Hall–Kier alpha value is -2.14. The Balaban J connectivity index is 1.73. The molecule has 0 aliphatic carbocycles. The zero-order valence-corrected chi connectivity index (χ0v) is 13.4. The highest BCUT2D eigenvalue weighted by atomic mass is 32.1. The first-order chi connectivity index (χ1) is 10.6. The number of fused-ring (bicyclic) bond motifs is 1. The van der Waals surface area contributed by atoms with Gasteiger partial charge in [-0.2, -0.15) is 0 Å². The summed E-state index contributed by atoms with van der Waals surface area (Å²) < 4.78 is 0. The third-order valence-electron chi connectivity index (χ3n) is 4.22. The second-order valence-corrected chi connectivity index (χ2v) is 6.51. The maximum absolute atomic E-state index is 12.5. The summed E-state index contributed by atoms with van der Waals surface area (Å²) in [4.78, 5) is 27.5. The number of hydrogen-bond acceptors (Lipinski definition) is 3.